The minimum Gasteiger partial charge on any atom is -0.385 e. The largest absolute Gasteiger partial charge is 0.385 e. The van der Waals surface area contributed by atoms with E-state index in [-0.39, 0.29) is 11.8 Å². The second-order valence-electron chi connectivity index (χ2n) is 7.72. The van der Waals surface area contributed by atoms with Crippen LogP contribution in [-0.4, -0.2) is 53.0 Å². The topological polar surface area (TPSA) is 141 Å². The van der Waals surface area contributed by atoms with Crippen molar-refractivity contribution in [2.45, 2.75) is 46.3 Å². The second kappa shape index (κ2) is 8.87. The van der Waals surface area contributed by atoms with Crippen LogP contribution in [-0.2, 0) is 10.0 Å². The smallest absolute Gasteiger partial charge is 0.253 e. The fourth-order valence-corrected chi connectivity index (χ4v) is 4.16. The first-order chi connectivity index (χ1) is 15.7. The quantitative estimate of drug-likeness (QED) is 0.397. The maximum atomic E-state index is 12.0. The Balaban J connectivity index is 1.67. The molecule has 4 aromatic rings. The van der Waals surface area contributed by atoms with Gasteiger partial charge in [0.25, 0.3) is 10.0 Å². The summed E-state index contributed by atoms with van der Waals surface area (Å²) < 4.78 is 27.0. The van der Waals surface area contributed by atoms with Crippen LogP contribution in [0.15, 0.2) is 36.9 Å². The molecule has 0 radical (unpaired) electrons. The highest BCUT2D eigenvalue weighted by atomic mass is 32.2. The molecule has 2 atom stereocenters. The third-order valence-corrected chi connectivity index (χ3v) is 6.89. The molecule has 0 fully saturated rings. The summed E-state index contributed by atoms with van der Waals surface area (Å²) in [6, 6.07) is 3.71. The third-order valence-electron chi connectivity index (χ3n) is 5.39. The van der Waals surface area contributed by atoms with Crippen molar-refractivity contribution in [1.82, 2.24) is 33.7 Å². The zero-order chi connectivity index (χ0) is 23.8. The van der Waals surface area contributed by atoms with E-state index >= 15 is 0 Å². The van der Waals surface area contributed by atoms with Gasteiger partial charge >= 0.3 is 0 Å². The Morgan fingerprint density at radius 3 is 2.61 bits per heavy atom. The van der Waals surface area contributed by atoms with E-state index in [9.17, 15) is 13.5 Å². The van der Waals surface area contributed by atoms with Gasteiger partial charge in [0.2, 0.25) is 0 Å². The standard InChI is InChI=1S/C21H26N8O3S/c1-5-13(3)29-17-9-19(23-11-16(17)25-21(29)14(4)30)26-18-7-8-22-20(27-18)15-10-24-28(12-15)33(31,32)6-2/h7-14,30H,5-6H2,1-4H3,(H,22,23,26,27)/t13-,14-/m1/s1. The zero-order valence-corrected chi connectivity index (χ0v) is 19.7. The predicted octanol–water partition coefficient (Wildman–Crippen LogP) is 3.05. The lowest BCUT2D eigenvalue weighted by molar-refractivity contribution is 0.182. The molecule has 4 aromatic heterocycles. The first kappa shape index (κ1) is 22.8. The van der Waals surface area contributed by atoms with Crippen LogP contribution in [0.25, 0.3) is 22.4 Å². The molecule has 0 spiro atoms. The number of hydrogen-bond donors (Lipinski definition) is 2. The molecule has 174 valence electrons. The number of imidazole rings is 1. The van der Waals surface area contributed by atoms with Crippen molar-refractivity contribution >= 4 is 32.7 Å². The number of aliphatic hydroxyl groups excluding tert-OH is 1. The van der Waals surface area contributed by atoms with Gasteiger partial charge in [-0.2, -0.15) is 9.19 Å². The van der Waals surface area contributed by atoms with E-state index in [4.69, 9.17) is 0 Å². The van der Waals surface area contributed by atoms with Crippen LogP contribution >= 0.6 is 0 Å². The van der Waals surface area contributed by atoms with Crippen LogP contribution < -0.4 is 5.32 Å². The second-order valence-corrected chi connectivity index (χ2v) is 9.84. The van der Waals surface area contributed by atoms with Crippen LogP contribution in [0.5, 0.6) is 0 Å². The van der Waals surface area contributed by atoms with Crippen LogP contribution in [0.3, 0.4) is 0 Å². The van der Waals surface area contributed by atoms with E-state index in [0.717, 1.165) is 16.0 Å². The molecule has 4 heterocycles. The number of aromatic nitrogens is 7. The third kappa shape index (κ3) is 4.44. The summed E-state index contributed by atoms with van der Waals surface area (Å²) in [6.07, 6.45) is 6.22. The van der Waals surface area contributed by atoms with Crippen molar-refractivity contribution in [2.24, 2.45) is 0 Å². The van der Waals surface area contributed by atoms with E-state index < -0.39 is 16.1 Å². The number of aliphatic hydroxyl groups is 1. The molecule has 0 bridgehead atoms. The Kier molecular flexibility index (Phi) is 6.13. The van der Waals surface area contributed by atoms with E-state index in [1.807, 2.05) is 10.6 Å². The van der Waals surface area contributed by atoms with Crippen molar-refractivity contribution in [1.29, 1.82) is 0 Å². The first-order valence-corrected chi connectivity index (χ1v) is 12.3. The number of nitrogens with zero attached hydrogens (tertiary/aromatic N) is 7. The Morgan fingerprint density at radius 1 is 1.12 bits per heavy atom. The van der Waals surface area contributed by atoms with Crippen LogP contribution in [0.4, 0.5) is 11.6 Å². The maximum Gasteiger partial charge on any atom is 0.253 e. The summed E-state index contributed by atoms with van der Waals surface area (Å²) in [5, 5.41) is 17.3. The fourth-order valence-electron chi connectivity index (χ4n) is 3.43. The highest BCUT2D eigenvalue weighted by Crippen LogP contribution is 2.28. The maximum absolute atomic E-state index is 12.0. The number of anilines is 2. The highest BCUT2D eigenvalue weighted by Gasteiger charge is 2.19. The highest BCUT2D eigenvalue weighted by molar-refractivity contribution is 7.89. The van der Waals surface area contributed by atoms with Gasteiger partial charge in [0.1, 0.15) is 29.1 Å². The summed E-state index contributed by atoms with van der Waals surface area (Å²) in [6.45, 7) is 7.41. The molecule has 0 aliphatic carbocycles. The van der Waals surface area contributed by atoms with Gasteiger partial charge in [-0.1, -0.05) is 6.92 Å². The van der Waals surface area contributed by atoms with E-state index in [1.165, 1.54) is 12.4 Å². The lowest BCUT2D eigenvalue weighted by Crippen LogP contribution is -2.14. The van der Waals surface area contributed by atoms with Gasteiger partial charge in [0, 0.05) is 18.3 Å². The summed E-state index contributed by atoms with van der Waals surface area (Å²) in [5.74, 6) is 1.91. The van der Waals surface area contributed by atoms with Gasteiger partial charge in [0.05, 0.1) is 35.4 Å². The van der Waals surface area contributed by atoms with Crippen molar-refractivity contribution in [3.8, 4) is 11.4 Å². The predicted molar refractivity (Wildman–Crippen MR) is 125 cm³/mol. The van der Waals surface area contributed by atoms with Gasteiger partial charge in [-0.3, -0.25) is 0 Å². The number of nitrogens with one attached hydrogen (secondary N) is 1. The van der Waals surface area contributed by atoms with Crippen LogP contribution in [0, 0.1) is 0 Å². The normalized spacial score (nSPS) is 13.8. The van der Waals surface area contributed by atoms with Gasteiger partial charge < -0.3 is 15.0 Å². The SMILES string of the molecule is CC[C@@H](C)n1c([C@@H](C)O)nc2cnc(Nc3ccnc(-c4cnn(S(=O)(=O)CC)c4)n3)cc21. The van der Waals surface area contributed by atoms with Crippen molar-refractivity contribution in [3.63, 3.8) is 0 Å². The molecule has 4 rings (SSSR count). The zero-order valence-electron chi connectivity index (χ0n) is 18.8. The molecule has 12 heteroatoms. The summed E-state index contributed by atoms with van der Waals surface area (Å²) in [5.41, 5.74) is 2.04. The molecule has 33 heavy (non-hydrogen) atoms. The molecule has 2 N–H and O–H groups in total. The summed E-state index contributed by atoms with van der Waals surface area (Å²) in [7, 11) is -3.48. The summed E-state index contributed by atoms with van der Waals surface area (Å²) >= 11 is 0. The van der Waals surface area contributed by atoms with Gasteiger partial charge in [-0.05, 0) is 33.3 Å². The molecule has 0 aliphatic heterocycles. The molecular formula is C21H26N8O3S. The Labute approximate surface area is 191 Å². The molecule has 11 nitrogen and oxygen atoms in total. The van der Waals surface area contributed by atoms with E-state index in [2.05, 4.69) is 44.2 Å². The summed E-state index contributed by atoms with van der Waals surface area (Å²) in [4.78, 5) is 17.7. The van der Waals surface area contributed by atoms with Crippen molar-refractivity contribution in [2.75, 3.05) is 11.1 Å². The Hall–Kier alpha value is -3.38. The molecule has 0 saturated carbocycles. The minimum absolute atomic E-state index is 0.0608. The minimum atomic E-state index is -3.48. The molecule has 0 amide bonds. The van der Waals surface area contributed by atoms with Gasteiger partial charge in [0.15, 0.2) is 5.82 Å². The van der Waals surface area contributed by atoms with Gasteiger partial charge in [-0.15, -0.1) is 0 Å². The average molecular weight is 471 g/mol. The Bertz CT molecular complexity index is 1390. The van der Waals surface area contributed by atoms with Gasteiger partial charge in [-0.25, -0.2) is 28.4 Å². The molecule has 0 aliphatic rings. The number of hydrogen-bond acceptors (Lipinski definition) is 9. The van der Waals surface area contributed by atoms with Crippen LogP contribution in [0.1, 0.15) is 52.1 Å². The van der Waals surface area contributed by atoms with E-state index in [0.29, 0.717) is 34.4 Å². The number of pyridine rings is 1. The first-order valence-electron chi connectivity index (χ1n) is 10.7. The lowest BCUT2D eigenvalue weighted by atomic mass is 10.2. The van der Waals surface area contributed by atoms with Crippen LogP contribution in [0.2, 0.25) is 0 Å². The molecule has 0 aromatic carbocycles. The number of fused-ring (bicyclic) bond motifs is 1. The monoisotopic (exact) mass is 470 g/mol. The fraction of sp³-hybridized carbons (Fsp3) is 0.381. The van der Waals surface area contributed by atoms with E-state index in [1.54, 1.807) is 32.3 Å². The number of rotatable bonds is 8. The molecule has 0 saturated heterocycles. The molecular weight excluding hydrogens is 444 g/mol. The molecule has 0 unspecified atom stereocenters. The lowest BCUT2D eigenvalue weighted by Gasteiger charge is -2.17. The average Bonchev–Trinajstić information content (AvgIpc) is 3.44. The Morgan fingerprint density at radius 2 is 1.91 bits per heavy atom. The van der Waals surface area contributed by atoms with Crippen molar-refractivity contribution < 1.29 is 13.5 Å². The van der Waals surface area contributed by atoms with Crippen molar-refractivity contribution in [3.05, 3.63) is 42.7 Å².